The monoisotopic (exact) mass is 445 g/mol. The van der Waals surface area contributed by atoms with Gasteiger partial charge in [0.2, 0.25) is 0 Å². The number of pyridine rings is 1. The molecule has 2 rings (SSSR count). The first-order chi connectivity index (χ1) is 10.7. The van der Waals surface area contributed by atoms with E-state index in [9.17, 15) is 0 Å². The predicted octanol–water partition coefficient (Wildman–Crippen LogP) is 2.72. The average molecular weight is 445 g/mol. The Labute approximate surface area is 159 Å². The van der Waals surface area contributed by atoms with E-state index in [2.05, 4.69) is 44.0 Å². The summed E-state index contributed by atoms with van der Waals surface area (Å²) in [7, 11) is 1.79. The molecule has 2 N–H and O–H groups in total. The molecule has 0 aliphatic heterocycles. The zero-order chi connectivity index (χ0) is 15.8. The molecule has 0 amide bonds. The fourth-order valence-corrected chi connectivity index (χ4v) is 2.80. The molecule has 0 aliphatic rings. The summed E-state index contributed by atoms with van der Waals surface area (Å²) >= 11 is 1.69. The lowest BCUT2D eigenvalue weighted by atomic mass is 10.1. The Hall–Kier alpha value is -1.22. The molecule has 5 nitrogen and oxygen atoms in total. The van der Waals surface area contributed by atoms with Crippen molar-refractivity contribution in [3.8, 4) is 0 Å². The molecule has 0 aromatic carbocycles. The summed E-state index contributed by atoms with van der Waals surface area (Å²) in [5.41, 5.74) is 3.68. The minimum absolute atomic E-state index is 0. The van der Waals surface area contributed by atoms with Crippen molar-refractivity contribution in [1.82, 2.24) is 20.6 Å². The molecule has 0 bridgehead atoms. The van der Waals surface area contributed by atoms with Gasteiger partial charge in [0.15, 0.2) is 5.96 Å². The molecule has 0 atom stereocenters. The largest absolute Gasteiger partial charge is 0.356 e. The summed E-state index contributed by atoms with van der Waals surface area (Å²) in [6, 6.07) is 2.07. The van der Waals surface area contributed by atoms with Gasteiger partial charge in [0, 0.05) is 44.3 Å². The quantitative estimate of drug-likeness (QED) is 0.408. The molecule has 23 heavy (non-hydrogen) atoms. The van der Waals surface area contributed by atoms with Crippen molar-refractivity contribution < 1.29 is 0 Å². The normalized spacial score (nSPS) is 11.0. The number of aryl methyl sites for hydroxylation is 2. The van der Waals surface area contributed by atoms with Gasteiger partial charge in [-0.3, -0.25) is 9.98 Å². The first kappa shape index (κ1) is 19.8. The van der Waals surface area contributed by atoms with Crippen molar-refractivity contribution in [3.05, 3.63) is 45.7 Å². The van der Waals surface area contributed by atoms with Gasteiger partial charge in [-0.1, -0.05) is 0 Å². The zero-order valence-electron chi connectivity index (χ0n) is 13.8. The summed E-state index contributed by atoms with van der Waals surface area (Å²) in [4.78, 5) is 12.8. The second kappa shape index (κ2) is 10.5. The molecule has 0 unspecified atom stereocenters. The number of hydrogen-bond donors (Lipinski definition) is 2. The van der Waals surface area contributed by atoms with E-state index < -0.39 is 0 Å². The van der Waals surface area contributed by atoms with Crippen LogP contribution < -0.4 is 10.6 Å². The van der Waals surface area contributed by atoms with Gasteiger partial charge in [0.25, 0.3) is 0 Å². The minimum atomic E-state index is 0. The van der Waals surface area contributed by atoms with Crippen LogP contribution in [0.3, 0.4) is 0 Å². The molecule has 7 heteroatoms. The number of guanidine groups is 1. The van der Waals surface area contributed by atoms with Crippen molar-refractivity contribution >= 4 is 41.3 Å². The molecule has 126 valence electrons. The van der Waals surface area contributed by atoms with Crippen LogP contribution in [0.4, 0.5) is 0 Å². The number of halogens is 1. The lowest BCUT2D eigenvalue weighted by molar-refractivity contribution is 0.775. The third-order valence-corrected chi connectivity index (χ3v) is 4.21. The molecule has 2 heterocycles. The SMILES string of the molecule is CN=C(NCCc1csc(C)n1)NCCc1ccncc1C.I. The van der Waals surface area contributed by atoms with Crippen molar-refractivity contribution in [3.63, 3.8) is 0 Å². The second-order valence-corrected chi connectivity index (χ2v) is 6.15. The number of aromatic nitrogens is 2. The van der Waals surface area contributed by atoms with E-state index in [0.29, 0.717) is 0 Å². The fraction of sp³-hybridized carbons (Fsp3) is 0.438. The van der Waals surface area contributed by atoms with Crippen LogP contribution >= 0.6 is 35.3 Å². The van der Waals surface area contributed by atoms with E-state index >= 15 is 0 Å². The Morgan fingerprint density at radius 2 is 1.96 bits per heavy atom. The van der Waals surface area contributed by atoms with Gasteiger partial charge in [-0.05, 0) is 37.5 Å². The summed E-state index contributed by atoms with van der Waals surface area (Å²) in [6.45, 7) is 5.80. The highest BCUT2D eigenvalue weighted by molar-refractivity contribution is 14.0. The molecule has 0 aliphatic carbocycles. The molecular weight excluding hydrogens is 421 g/mol. The van der Waals surface area contributed by atoms with Crippen LogP contribution in [0.2, 0.25) is 0 Å². The number of aliphatic imine (C=N–C) groups is 1. The highest BCUT2D eigenvalue weighted by atomic mass is 127. The molecular formula is C16H24IN5S. The smallest absolute Gasteiger partial charge is 0.190 e. The molecule has 2 aromatic heterocycles. The second-order valence-electron chi connectivity index (χ2n) is 5.09. The van der Waals surface area contributed by atoms with Crippen molar-refractivity contribution in [2.45, 2.75) is 26.7 Å². The van der Waals surface area contributed by atoms with E-state index in [-0.39, 0.29) is 24.0 Å². The molecule has 0 saturated heterocycles. The molecule has 0 spiro atoms. The summed E-state index contributed by atoms with van der Waals surface area (Å²) in [5.74, 6) is 0.832. The Morgan fingerprint density at radius 1 is 1.22 bits per heavy atom. The van der Waals surface area contributed by atoms with Crippen LogP contribution in [0, 0.1) is 13.8 Å². The summed E-state index contributed by atoms with van der Waals surface area (Å²) in [5, 5.41) is 9.88. The molecule has 2 aromatic rings. The maximum atomic E-state index is 4.46. The first-order valence-corrected chi connectivity index (χ1v) is 8.32. The van der Waals surface area contributed by atoms with E-state index in [0.717, 1.165) is 42.6 Å². The maximum absolute atomic E-state index is 4.46. The fourth-order valence-electron chi connectivity index (χ4n) is 2.15. The van der Waals surface area contributed by atoms with Gasteiger partial charge in [0.05, 0.1) is 10.7 Å². The van der Waals surface area contributed by atoms with E-state index in [4.69, 9.17) is 0 Å². The molecule has 0 fully saturated rings. The van der Waals surface area contributed by atoms with Crippen LogP contribution in [0.1, 0.15) is 21.8 Å². The van der Waals surface area contributed by atoms with Crippen LogP contribution in [-0.2, 0) is 12.8 Å². The lowest BCUT2D eigenvalue weighted by Gasteiger charge is -2.12. The number of hydrogen-bond acceptors (Lipinski definition) is 4. The van der Waals surface area contributed by atoms with E-state index in [1.54, 1.807) is 18.4 Å². The summed E-state index contributed by atoms with van der Waals surface area (Å²) in [6.07, 6.45) is 5.61. The topological polar surface area (TPSA) is 62.2 Å². The van der Waals surface area contributed by atoms with Gasteiger partial charge < -0.3 is 10.6 Å². The highest BCUT2D eigenvalue weighted by Crippen LogP contribution is 2.07. The number of thiazole rings is 1. The Bertz CT molecular complexity index is 626. The standard InChI is InChI=1S/C16H23N5S.HI/c1-12-10-18-7-4-14(12)5-8-19-16(17-3)20-9-6-15-11-22-13(2)21-15;/h4,7,10-11H,5-6,8-9H2,1-3H3,(H2,17,19,20);1H. The van der Waals surface area contributed by atoms with Gasteiger partial charge in [-0.15, -0.1) is 35.3 Å². The number of rotatable bonds is 6. The Kier molecular flexibility index (Phi) is 9.08. The number of nitrogens with one attached hydrogen (secondary N) is 2. The molecule has 0 saturated carbocycles. The summed E-state index contributed by atoms with van der Waals surface area (Å²) < 4.78 is 0. The van der Waals surface area contributed by atoms with E-state index in [1.807, 2.05) is 19.3 Å². The number of nitrogens with zero attached hydrogens (tertiary/aromatic N) is 3. The third-order valence-electron chi connectivity index (χ3n) is 3.39. The highest BCUT2D eigenvalue weighted by Gasteiger charge is 2.02. The van der Waals surface area contributed by atoms with Crippen molar-refractivity contribution in [2.75, 3.05) is 20.1 Å². The van der Waals surface area contributed by atoms with Crippen LogP contribution in [0.25, 0.3) is 0 Å². The van der Waals surface area contributed by atoms with Gasteiger partial charge in [0.1, 0.15) is 0 Å². The van der Waals surface area contributed by atoms with Crippen LogP contribution in [0.15, 0.2) is 28.8 Å². The maximum Gasteiger partial charge on any atom is 0.190 e. The third kappa shape index (κ3) is 6.82. The average Bonchev–Trinajstić information content (AvgIpc) is 2.93. The first-order valence-electron chi connectivity index (χ1n) is 7.44. The van der Waals surface area contributed by atoms with E-state index in [1.165, 1.54) is 11.1 Å². The Balaban J connectivity index is 0.00000264. The van der Waals surface area contributed by atoms with Gasteiger partial charge >= 0.3 is 0 Å². The van der Waals surface area contributed by atoms with Crippen molar-refractivity contribution in [2.24, 2.45) is 4.99 Å². The van der Waals surface area contributed by atoms with Crippen LogP contribution in [0.5, 0.6) is 0 Å². The Morgan fingerprint density at radius 3 is 2.57 bits per heavy atom. The van der Waals surface area contributed by atoms with Crippen LogP contribution in [-0.4, -0.2) is 36.1 Å². The molecule has 0 radical (unpaired) electrons. The van der Waals surface area contributed by atoms with Gasteiger partial charge in [-0.25, -0.2) is 4.98 Å². The minimum Gasteiger partial charge on any atom is -0.356 e. The lowest BCUT2D eigenvalue weighted by Crippen LogP contribution is -2.39. The van der Waals surface area contributed by atoms with Crippen molar-refractivity contribution in [1.29, 1.82) is 0 Å². The predicted molar refractivity (Wildman–Crippen MR) is 108 cm³/mol. The van der Waals surface area contributed by atoms with Gasteiger partial charge in [-0.2, -0.15) is 0 Å². The zero-order valence-corrected chi connectivity index (χ0v) is 16.9.